The predicted octanol–water partition coefficient (Wildman–Crippen LogP) is 1.49. The Balaban J connectivity index is 3.08. The SMILES string of the molecule is CS(=O)Cc1cccc(S(=O)(=O)Cl)c1. The minimum absolute atomic E-state index is 0.0436. The van der Waals surface area contributed by atoms with Crippen LogP contribution in [-0.2, 0) is 25.6 Å². The van der Waals surface area contributed by atoms with E-state index in [-0.39, 0.29) is 4.90 Å². The van der Waals surface area contributed by atoms with Crippen LogP contribution in [0.3, 0.4) is 0 Å². The van der Waals surface area contributed by atoms with Crippen molar-refractivity contribution in [2.75, 3.05) is 6.26 Å². The highest BCUT2D eigenvalue weighted by Crippen LogP contribution is 2.16. The molecule has 0 N–H and O–H groups in total. The Labute approximate surface area is 90.0 Å². The molecule has 0 aliphatic carbocycles. The molecule has 78 valence electrons. The second-order valence-electron chi connectivity index (χ2n) is 2.80. The molecular formula is C8H9ClO3S2. The van der Waals surface area contributed by atoms with E-state index in [4.69, 9.17) is 10.7 Å². The maximum Gasteiger partial charge on any atom is 0.261 e. The average Bonchev–Trinajstić information content (AvgIpc) is 2.01. The normalized spacial score (nSPS) is 13.9. The predicted molar refractivity (Wildman–Crippen MR) is 57.3 cm³/mol. The van der Waals surface area contributed by atoms with E-state index in [1.54, 1.807) is 18.4 Å². The van der Waals surface area contributed by atoms with Crippen LogP contribution >= 0.6 is 10.7 Å². The van der Waals surface area contributed by atoms with Crippen molar-refractivity contribution in [2.24, 2.45) is 0 Å². The monoisotopic (exact) mass is 252 g/mol. The summed E-state index contributed by atoms with van der Waals surface area (Å²) in [4.78, 5) is 0.0436. The van der Waals surface area contributed by atoms with Gasteiger partial charge < -0.3 is 0 Å². The quantitative estimate of drug-likeness (QED) is 0.766. The molecule has 6 heteroatoms. The summed E-state index contributed by atoms with van der Waals surface area (Å²) in [6, 6.07) is 6.14. The molecule has 1 unspecified atom stereocenters. The van der Waals surface area contributed by atoms with Crippen molar-refractivity contribution in [3.8, 4) is 0 Å². The molecule has 1 atom stereocenters. The van der Waals surface area contributed by atoms with Gasteiger partial charge in [0.25, 0.3) is 9.05 Å². The molecule has 0 bridgehead atoms. The standard InChI is InChI=1S/C8H9ClO3S2/c1-13(10)6-7-3-2-4-8(5-7)14(9,11)12/h2-5H,6H2,1H3. The van der Waals surface area contributed by atoms with Crippen molar-refractivity contribution in [3.05, 3.63) is 29.8 Å². The molecule has 0 aliphatic heterocycles. The lowest BCUT2D eigenvalue weighted by Gasteiger charge is -2.00. The van der Waals surface area contributed by atoms with Gasteiger partial charge in [-0.3, -0.25) is 4.21 Å². The molecule has 1 aromatic carbocycles. The van der Waals surface area contributed by atoms with Gasteiger partial charge in [-0.1, -0.05) is 12.1 Å². The van der Waals surface area contributed by atoms with Gasteiger partial charge in [-0.05, 0) is 17.7 Å². The van der Waals surface area contributed by atoms with Gasteiger partial charge >= 0.3 is 0 Å². The molecule has 0 aromatic heterocycles. The molecule has 1 rings (SSSR count). The van der Waals surface area contributed by atoms with Crippen LogP contribution < -0.4 is 0 Å². The van der Waals surface area contributed by atoms with E-state index in [9.17, 15) is 12.6 Å². The Bertz CT molecular complexity index is 453. The van der Waals surface area contributed by atoms with Crippen LogP contribution in [0.4, 0.5) is 0 Å². The first-order chi connectivity index (χ1) is 6.39. The average molecular weight is 253 g/mol. The molecule has 0 saturated heterocycles. The van der Waals surface area contributed by atoms with Gasteiger partial charge in [0.1, 0.15) is 0 Å². The zero-order chi connectivity index (χ0) is 10.8. The summed E-state index contributed by atoms with van der Waals surface area (Å²) in [5, 5.41) is 0. The van der Waals surface area contributed by atoms with Crippen molar-refractivity contribution in [1.82, 2.24) is 0 Å². The third kappa shape index (κ3) is 3.40. The van der Waals surface area contributed by atoms with Crippen molar-refractivity contribution in [1.29, 1.82) is 0 Å². The van der Waals surface area contributed by atoms with Crippen LogP contribution in [-0.4, -0.2) is 18.9 Å². The second-order valence-corrected chi connectivity index (χ2v) is 6.80. The fraction of sp³-hybridized carbons (Fsp3) is 0.250. The van der Waals surface area contributed by atoms with Crippen LogP contribution in [0.15, 0.2) is 29.2 Å². The van der Waals surface area contributed by atoms with E-state index in [0.29, 0.717) is 11.3 Å². The van der Waals surface area contributed by atoms with Gasteiger partial charge in [0.05, 0.1) is 4.90 Å². The van der Waals surface area contributed by atoms with Crippen molar-refractivity contribution < 1.29 is 12.6 Å². The van der Waals surface area contributed by atoms with Gasteiger partial charge in [0.15, 0.2) is 0 Å². The molecule has 0 saturated carbocycles. The second kappa shape index (κ2) is 4.42. The molecule has 0 aliphatic rings. The van der Waals surface area contributed by atoms with Crippen LogP contribution in [0.5, 0.6) is 0 Å². The highest BCUT2D eigenvalue weighted by Gasteiger charge is 2.10. The van der Waals surface area contributed by atoms with Gasteiger partial charge in [-0.2, -0.15) is 0 Å². The zero-order valence-corrected chi connectivity index (χ0v) is 9.82. The maximum absolute atomic E-state index is 11.0. The van der Waals surface area contributed by atoms with E-state index >= 15 is 0 Å². The first-order valence-corrected chi connectivity index (χ1v) is 7.77. The summed E-state index contributed by atoms with van der Waals surface area (Å²) in [5.41, 5.74) is 0.701. The summed E-state index contributed by atoms with van der Waals surface area (Å²) in [5.74, 6) is 0.334. The van der Waals surface area contributed by atoms with E-state index in [0.717, 1.165) is 0 Å². The highest BCUT2D eigenvalue weighted by molar-refractivity contribution is 8.13. The largest absolute Gasteiger partial charge is 0.261 e. The number of hydrogen-bond donors (Lipinski definition) is 0. The molecule has 0 heterocycles. The highest BCUT2D eigenvalue weighted by atomic mass is 35.7. The molecule has 3 nitrogen and oxygen atoms in total. The van der Waals surface area contributed by atoms with Crippen LogP contribution in [0.25, 0.3) is 0 Å². The van der Waals surface area contributed by atoms with Crippen LogP contribution in [0.2, 0.25) is 0 Å². The smallest absolute Gasteiger partial charge is 0.260 e. The third-order valence-electron chi connectivity index (χ3n) is 1.55. The Morgan fingerprint density at radius 1 is 1.43 bits per heavy atom. The topological polar surface area (TPSA) is 51.2 Å². The fourth-order valence-electron chi connectivity index (χ4n) is 1.02. The Hall–Kier alpha value is -0.390. The molecule has 0 spiro atoms. The summed E-state index contributed by atoms with van der Waals surface area (Å²) < 4.78 is 32.8. The van der Waals surface area contributed by atoms with Gasteiger partial charge in [0, 0.05) is 33.5 Å². The summed E-state index contributed by atoms with van der Waals surface area (Å²) in [6.45, 7) is 0. The lowest BCUT2D eigenvalue weighted by molar-refractivity contribution is 0.609. The number of benzene rings is 1. The van der Waals surface area contributed by atoms with E-state index in [1.807, 2.05) is 0 Å². The van der Waals surface area contributed by atoms with E-state index in [1.165, 1.54) is 12.1 Å². The van der Waals surface area contributed by atoms with Crippen molar-refractivity contribution in [3.63, 3.8) is 0 Å². The molecule has 14 heavy (non-hydrogen) atoms. The Morgan fingerprint density at radius 2 is 2.07 bits per heavy atom. The van der Waals surface area contributed by atoms with Crippen molar-refractivity contribution >= 4 is 30.5 Å². The summed E-state index contributed by atoms with van der Waals surface area (Å²) in [7, 11) is 0.486. The third-order valence-corrected chi connectivity index (χ3v) is 3.64. The molecule has 0 amide bonds. The molecule has 1 aromatic rings. The zero-order valence-electron chi connectivity index (χ0n) is 7.44. The lowest BCUT2D eigenvalue weighted by Crippen LogP contribution is -1.95. The van der Waals surface area contributed by atoms with E-state index in [2.05, 4.69) is 0 Å². The van der Waals surface area contributed by atoms with Gasteiger partial charge in [0.2, 0.25) is 0 Å². The maximum atomic E-state index is 11.0. The van der Waals surface area contributed by atoms with Gasteiger partial charge in [-0.25, -0.2) is 8.42 Å². The molecule has 0 fully saturated rings. The lowest BCUT2D eigenvalue weighted by atomic mass is 10.2. The van der Waals surface area contributed by atoms with Crippen LogP contribution in [0, 0.1) is 0 Å². The fourth-order valence-corrected chi connectivity index (χ4v) is 2.49. The van der Waals surface area contributed by atoms with Crippen LogP contribution in [0.1, 0.15) is 5.56 Å². The Kier molecular flexibility index (Phi) is 3.69. The number of hydrogen-bond acceptors (Lipinski definition) is 3. The summed E-state index contributed by atoms with van der Waals surface area (Å²) >= 11 is 0. The van der Waals surface area contributed by atoms with E-state index < -0.39 is 19.9 Å². The molecular weight excluding hydrogens is 244 g/mol. The van der Waals surface area contributed by atoms with Crippen molar-refractivity contribution in [2.45, 2.75) is 10.6 Å². The first kappa shape index (κ1) is 11.7. The molecule has 0 radical (unpaired) electrons. The first-order valence-electron chi connectivity index (χ1n) is 3.73. The Morgan fingerprint density at radius 3 is 2.57 bits per heavy atom. The van der Waals surface area contributed by atoms with Gasteiger partial charge in [-0.15, -0.1) is 0 Å². The minimum atomic E-state index is -3.69. The number of rotatable bonds is 3. The summed E-state index contributed by atoms with van der Waals surface area (Å²) in [6.07, 6.45) is 1.56. The minimum Gasteiger partial charge on any atom is -0.260 e. The number of halogens is 1.